The van der Waals surface area contributed by atoms with Crippen molar-refractivity contribution in [3.63, 3.8) is 0 Å². The monoisotopic (exact) mass is 405 g/mol. The summed E-state index contributed by atoms with van der Waals surface area (Å²) in [6, 6.07) is 0.900. The van der Waals surface area contributed by atoms with E-state index in [9.17, 15) is 19.8 Å². The van der Waals surface area contributed by atoms with Gasteiger partial charge in [0, 0.05) is 18.2 Å². The van der Waals surface area contributed by atoms with Crippen molar-refractivity contribution in [2.24, 2.45) is 5.92 Å². The van der Waals surface area contributed by atoms with Crippen LogP contribution >= 0.6 is 8.96 Å². The van der Waals surface area contributed by atoms with Crippen LogP contribution in [0.3, 0.4) is 0 Å². The van der Waals surface area contributed by atoms with Gasteiger partial charge in [0.15, 0.2) is 6.29 Å². The number of hydrogen-bond acceptors (Lipinski definition) is 8. The van der Waals surface area contributed by atoms with Crippen molar-refractivity contribution >= 4 is 8.96 Å². The third-order valence-electron chi connectivity index (χ3n) is 4.25. The number of aromatic amines is 1. The van der Waals surface area contributed by atoms with Gasteiger partial charge in [-0.1, -0.05) is 6.92 Å². The minimum Gasteiger partial charge on any atom is -0.390 e. The molecule has 7 atom stereocenters. The molecular weight excluding hydrogens is 377 g/mol. The first kappa shape index (κ1) is 22.2. The van der Waals surface area contributed by atoms with Crippen molar-refractivity contribution in [1.82, 2.24) is 14.6 Å². The zero-order valence-electron chi connectivity index (χ0n) is 15.8. The quantitative estimate of drug-likeness (QED) is 0.249. The first-order valence-corrected chi connectivity index (χ1v) is 9.72. The topological polar surface area (TPSA) is 135 Å². The average molecular weight is 405 g/mol. The van der Waals surface area contributed by atoms with E-state index in [0.717, 1.165) is 0 Å². The Balaban J connectivity index is 1.84. The summed E-state index contributed by atoms with van der Waals surface area (Å²) in [6.07, 6.45) is -1.85. The Labute approximate surface area is 158 Å². The summed E-state index contributed by atoms with van der Waals surface area (Å²) < 4.78 is 17.8. The predicted octanol–water partition coefficient (Wildman–Crippen LogP) is -0.322. The molecule has 0 radical (unpaired) electrons. The van der Waals surface area contributed by atoms with Crippen LogP contribution in [0.4, 0.5) is 0 Å². The number of rotatable bonds is 9. The Hall–Kier alpha value is -1.13. The minimum atomic E-state index is -0.953. The summed E-state index contributed by atoms with van der Waals surface area (Å²) in [4.78, 5) is 25.3. The summed E-state index contributed by atoms with van der Waals surface area (Å²) in [5, 5.41) is 23.2. The van der Waals surface area contributed by atoms with Gasteiger partial charge in [0.1, 0.15) is 12.3 Å². The molecule has 1 aromatic heterocycles. The number of nitrogens with one attached hydrogen (secondary N) is 2. The van der Waals surface area contributed by atoms with Crippen molar-refractivity contribution in [2.75, 3.05) is 6.61 Å². The van der Waals surface area contributed by atoms with E-state index in [1.165, 1.54) is 16.8 Å². The van der Waals surface area contributed by atoms with Crippen LogP contribution in [0.2, 0.25) is 0 Å². The maximum atomic E-state index is 11.9. The molecule has 1 aromatic rings. The lowest BCUT2D eigenvalue weighted by Crippen LogP contribution is -2.36. The molecule has 0 aromatic carbocycles. The molecule has 0 amide bonds. The molecule has 0 aliphatic carbocycles. The number of ether oxygens (including phenoxy) is 2. The Morgan fingerprint density at radius 2 is 2.11 bits per heavy atom. The van der Waals surface area contributed by atoms with Crippen LogP contribution in [0.15, 0.2) is 21.9 Å². The molecule has 0 saturated carbocycles. The van der Waals surface area contributed by atoms with E-state index in [1.807, 2.05) is 13.8 Å². The fourth-order valence-corrected chi connectivity index (χ4v) is 3.36. The number of aromatic nitrogens is 2. The van der Waals surface area contributed by atoms with Crippen LogP contribution < -0.4 is 16.3 Å². The second-order valence-corrected chi connectivity index (χ2v) is 7.64. The van der Waals surface area contributed by atoms with Crippen LogP contribution in [-0.4, -0.2) is 57.0 Å². The van der Waals surface area contributed by atoms with E-state index in [2.05, 4.69) is 10.1 Å². The lowest BCUT2D eigenvalue weighted by Gasteiger charge is -2.22. The van der Waals surface area contributed by atoms with Gasteiger partial charge in [0.2, 0.25) is 0 Å². The molecule has 0 spiro atoms. The summed E-state index contributed by atoms with van der Waals surface area (Å²) >= 11 is 0. The largest absolute Gasteiger partial charge is 0.390 e. The highest BCUT2D eigenvalue weighted by molar-refractivity contribution is 7.29. The van der Waals surface area contributed by atoms with Crippen LogP contribution in [0.5, 0.6) is 0 Å². The zero-order chi connectivity index (χ0) is 20.1. The molecule has 154 valence electrons. The van der Waals surface area contributed by atoms with Gasteiger partial charge in [-0.05, 0) is 20.8 Å². The molecule has 1 saturated heterocycles. The van der Waals surface area contributed by atoms with E-state index in [4.69, 9.17) is 14.0 Å². The molecule has 10 nitrogen and oxygen atoms in total. The molecule has 1 fully saturated rings. The first-order valence-electron chi connectivity index (χ1n) is 8.81. The van der Waals surface area contributed by atoms with E-state index in [1.54, 1.807) is 13.8 Å². The fourth-order valence-electron chi connectivity index (χ4n) is 2.70. The lowest BCUT2D eigenvalue weighted by atomic mass is 10.0. The van der Waals surface area contributed by atoms with E-state index in [0.29, 0.717) is 0 Å². The van der Waals surface area contributed by atoms with Crippen LogP contribution in [0.25, 0.3) is 0 Å². The molecule has 7 unspecified atom stereocenters. The number of aliphatic hydroxyl groups excluding tert-OH is 2. The SMILES string of the molecule is CC(C)OC(O)C(C)NPOCC1OC(n2ccc(=O)[nH]c2=O)C(C)C1O. The van der Waals surface area contributed by atoms with Crippen LogP contribution in [-0.2, 0) is 14.0 Å². The Kier molecular flexibility index (Phi) is 8.11. The Bertz CT molecular complexity index is 710. The van der Waals surface area contributed by atoms with Gasteiger partial charge >= 0.3 is 5.69 Å². The van der Waals surface area contributed by atoms with Crippen LogP contribution in [0, 0.1) is 5.92 Å². The zero-order valence-corrected chi connectivity index (χ0v) is 16.8. The Morgan fingerprint density at radius 1 is 1.41 bits per heavy atom. The second-order valence-electron chi connectivity index (χ2n) is 6.85. The predicted molar refractivity (Wildman–Crippen MR) is 99.5 cm³/mol. The van der Waals surface area contributed by atoms with Crippen molar-refractivity contribution < 1.29 is 24.2 Å². The van der Waals surface area contributed by atoms with Crippen molar-refractivity contribution in [2.45, 2.75) is 64.6 Å². The third-order valence-corrected chi connectivity index (χ3v) is 5.14. The van der Waals surface area contributed by atoms with Gasteiger partial charge in [0.25, 0.3) is 5.56 Å². The van der Waals surface area contributed by atoms with Gasteiger partial charge in [-0.25, -0.2) is 4.79 Å². The van der Waals surface area contributed by atoms with Gasteiger partial charge in [0.05, 0.1) is 33.8 Å². The number of aliphatic hydroxyl groups is 2. The molecule has 2 heterocycles. The highest BCUT2D eigenvalue weighted by atomic mass is 31.1. The molecule has 2 rings (SSSR count). The number of hydrogen-bond donors (Lipinski definition) is 4. The standard InChI is InChI=1S/C16H28N3O7P/c1-8(2)25-15(22)10(4)18-27-24-7-11-13(21)9(3)14(26-11)19-6-5-12(20)17-16(19)23/h5-6,8-11,13-15,18,21-22,27H,7H2,1-4H3,(H,17,20,23). The molecule has 27 heavy (non-hydrogen) atoms. The summed E-state index contributed by atoms with van der Waals surface area (Å²) in [7, 11) is -0.132. The molecular formula is C16H28N3O7P. The van der Waals surface area contributed by atoms with E-state index in [-0.39, 0.29) is 33.6 Å². The average Bonchev–Trinajstić information content (AvgIpc) is 2.86. The molecule has 11 heteroatoms. The highest BCUT2D eigenvalue weighted by Crippen LogP contribution is 2.34. The van der Waals surface area contributed by atoms with Gasteiger partial charge in [-0.2, -0.15) is 0 Å². The molecule has 1 aliphatic heterocycles. The lowest BCUT2D eigenvalue weighted by molar-refractivity contribution is -0.137. The fraction of sp³-hybridized carbons (Fsp3) is 0.750. The number of nitrogens with zero attached hydrogens (tertiary/aromatic N) is 1. The van der Waals surface area contributed by atoms with E-state index < -0.39 is 36.0 Å². The maximum Gasteiger partial charge on any atom is 0.330 e. The molecule has 4 N–H and O–H groups in total. The van der Waals surface area contributed by atoms with Crippen LogP contribution in [0.1, 0.15) is 33.9 Å². The second kappa shape index (κ2) is 9.88. The normalized spacial score (nSPS) is 28.3. The van der Waals surface area contributed by atoms with Crippen molar-refractivity contribution in [3.05, 3.63) is 33.1 Å². The molecule has 0 bridgehead atoms. The van der Waals surface area contributed by atoms with Gasteiger partial charge < -0.3 is 24.2 Å². The van der Waals surface area contributed by atoms with E-state index >= 15 is 0 Å². The Morgan fingerprint density at radius 3 is 2.74 bits per heavy atom. The summed E-state index contributed by atoms with van der Waals surface area (Å²) in [6.45, 7) is 7.30. The maximum absolute atomic E-state index is 11.9. The summed E-state index contributed by atoms with van der Waals surface area (Å²) in [5.74, 6) is -0.362. The highest BCUT2D eigenvalue weighted by Gasteiger charge is 2.42. The third kappa shape index (κ3) is 5.92. The smallest absolute Gasteiger partial charge is 0.330 e. The first-order chi connectivity index (χ1) is 12.7. The summed E-state index contributed by atoms with van der Waals surface area (Å²) in [5.41, 5.74) is -1.09. The molecule has 1 aliphatic rings. The van der Waals surface area contributed by atoms with Gasteiger partial charge in [-0.3, -0.25) is 19.4 Å². The number of H-pyrrole nitrogens is 1. The van der Waals surface area contributed by atoms with Crippen molar-refractivity contribution in [3.8, 4) is 0 Å². The minimum absolute atomic E-state index is 0.0923. The van der Waals surface area contributed by atoms with Crippen molar-refractivity contribution in [1.29, 1.82) is 0 Å². The van der Waals surface area contributed by atoms with Gasteiger partial charge in [-0.15, -0.1) is 0 Å².